The van der Waals surface area contributed by atoms with Gasteiger partial charge in [0.2, 0.25) is 5.91 Å². The van der Waals surface area contributed by atoms with Crippen molar-refractivity contribution in [3.63, 3.8) is 0 Å². The summed E-state index contributed by atoms with van der Waals surface area (Å²) in [6.07, 6.45) is 4.74. The normalized spacial score (nSPS) is 12.8. The fourth-order valence-electron chi connectivity index (χ4n) is 1.11. The van der Waals surface area contributed by atoms with Crippen molar-refractivity contribution in [1.29, 1.82) is 0 Å². The number of nitrogens with two attached hydrogens (primary N) is 1. The number of nitrogens with one attached hydrogen (secondary N) is 1. The van der Waals surface area contributed by atoms with E-state index in [1.807, 2.05) is 6.92 Å². The van der Waals surface area contributed by atoms with Crippen molar-refractivity contribution in [3.05, 3.63) is 18.2 Å². The number of primary amides is 1. The molecule has 0 fully saturated rings. The third-order valence-electron chi connectivity index (χ3n) is 1.92. The van der Waals surface area contributed by atoms with E-state index in [-0.39, 0.29) is 11.8 Å². The van der Waals surface area contributed by atoms with Crippen LogP contribution < -0.4 is 5.73 Å². The number of carbonyl (C=O) groups excluding carboxylic acids is 1. The Morgan fingerprint density at radius 1 is 1.83 bits per heavy atom. The lowest BCUT2D eigenvalue weighted by molar-refractivity contribution is -0.121. The summed E-state index contributed by atoms with van der Waals surface area (Å²) >= 11 is 0. The zero-order chi connectivity index (χ0) is 8.97. The second-order valence-electron chi connectivity index (χ2n) is 2.79. The lowest BCUT2D eigenvalue weighted by atomic mass is 10.0. The Hall–Kier alpha value is -1.32. The standard InChI is InChI=1S/C8H13N3O/c1-2-6(8(9)12)3-7-4-10-5-11-7/h4-6H,2-3H2,1H3,(H2,9,12)(H,10,11). The number of rotatable bonds is 4. The molecule has 1 amide bonds. The Kier molecular flexibility index (Phi) is 2.85. The zero-order valence-corrected chi connectivity index (χ0v) is 7.08. The molecule has 1 unspecified atom stereocenters. The number of nitrogens with zero attached hydrogens (tertiary/aromatic N) is 1. The van der Waals surface area contributed by atoms with Crippen molar-refractivity contribution in [1.82, 2.24) is 9.97 Å². The van der Waals surface area contributed by atoms with E-state index in [1.165, 1.54) is 0 Å². The van der Waals surface area contributed by atoms with E-state index in [0.29, 0.717) is 6.42 Å². The minimum Gasteiger partial charge on any atom is -0.369 e. The molecule has 0 aliphatic rings. The van der Waals surface area contributed by atoms with Gasteiger partial charge in [-0.05, 0) is 6.42 Å². The van der Waals surface area contributed by atoms with Crippen molar-refractivity contribution in [2.45, 2.75) is 19.8 Å². The summed E-state index contributed by atoms with van der Waals surface area (Å²) in [5.74, 6) is -0.322. The summed E-state index contributed by atoms with van der Waals surface area (Å²) in [7, 11) is 0. The number of carbonyl (C=O) groups is 1. The topological polar surface area (TPSA) is 71.8 Å². The van der Waals surface area contributed by atoms with Crippen LogP contribution >= 0.6 is 0 Å². The molecular weight excluding hydrogens is 154 g/mol. The predicted octanol–water partition coefficient (Wildman–Crippen LogP) is 0.464. The maximum absolute atomic E-state index is 10.8. The summed E-state index contributed by atoms with van der Waals surface area (Å²) in [6, 6.07) is 0. The van der Waals surface area contributed by atoms with Crippen LogP contribution in [0.1, 0.15) is 19.0 Å². The van der Waals surface area contributed by atoms with Gasteiger partial charge in [0.05, 0.1) is 6.33 Å². The van der Waals surface area contributed by atoms with Crippen LogP contribution in [0.15, 0.2) is 12.5 Å². The Balaban J connectivity index is 2.54. The summed E-state index contributed by atoms with van der Waals surface area (Å²) < 4.78 is 0. The van der Waals surface area contributed by atoms with Gasteiger partial charge in [0.15, 0.2) is 0 Å². The van der Waals surface area contributed by atoms with E-state index >= 15 is 0 Å². The van der Waals surface area contributed by atoms with E-state index in [0.717, 1.165) is 12.1 Å². The smallest absolute Gasteiger partial charge is 0.220 e. The van der Waals surface area contributed by atoms with Crippen LogP contribution in [0.25, 0.3) is 0 Å². The van der Waals surface area contributed by atoms with Gasteiger partial charge in [-0.1, -0.05) is 6.92 Å². The SMILES string of the molecule is CCC(Cc1cnc[nH]1)C(N)=O. The van der Waals surface area contributed by atoms with Crippen LogP contribution in [0.5, 0.6) is 0 Å². The molecule has 0 radical (unpaired) electrons. The van der Waals surface area contributed by atoms with E-state index in [2.05, 4.69) is 9.97 Å². The molecule has 0 bridgehead atoms. The maximum Gasteiger partial charge on any atom is 0.220 e. The molecule has 1 rings (SSSR count). The lowest BCUT2D eigenvalue weighted by Crippen LogP contribution is -2.24. The first-order valence-corrected chi connectivity index (χ1v) is 4.00. The van der Waals surface area contributed by atoms with Crippen LogP contribution in [-0.2, 0) is 11.2 Å². The molecule has 3 N–H and O–H groups in total. The van der Waals surface area contributed by atoms with Gasteiger partial charge in [0.1, 0.15) is 0 Å². The highest BCUT2D eigenvalue weighted by atomic mass is 16.1. The first-order valence-electron chi connectivity index (χ1n) is 4.00. The molecule has 0 saturated carbocycles. The summed E-state index contributed by atoms with van der Waals surface area (Å²) in [5.41, 5.74) is 6.15. The third kappa shape index (κ3) is 2.08. The second-order valence-corrected chi connectivity index (χ2v) is 2.79. The van der Waals surface area contributed by atoms with Crippen LogP contribution in [0.3, 0.4) is 0 Å². The van der Waals surface area contributed by atoms with Crippen molar-refractivity contribution >= 4 is 5.91 Å². The first kappa shape index (κ1) is 8.77. The van der Waals surface area contributed by atoms with E-state index in [4.69, 9.17) is 5.73 Å². The van der Waals surface area contributed by atoms with Gasteiger partial charge in [0.25, 0.3) is 0 Å². The summed E-state index contributed by atoms with van der Waals surface area (Å²) in [6.45, 7) is 1.95. The van der Waals surface area contributed by atoms with Crippen LogP contribution in [0.4, 0.5) is 0 Å². The van der Waals surface area contributed by atoms with Crippen molar-refractivity contribution in [2.75, 3.05) is 0 Å². The quantitative estimate of drug-likeness (QED) is 0.684. The molecule has 1 atom stereocenters. The summed E-state index contributed by atoms with van der Waals surface area (Å²) in [4.78, 5) is 17.6. The number of imidazole rings is 1. The average Bonchev–Trinajstić information content (AvgIpc) is 2.51. The highest BCUT2D eigenvalue weighted by molar-refractivity contribution is 5.76. The van der Waals surface area contributed by atoms with Gasteiger partial charge in [-0.3, -0.25) is 4.79 Å². The number of H-pyrrole nitrogens is 1. The number of amides is 1. The highest BCUT2D eigenvalue weighted by Gasteiger charge is 2.13. The van der Waals surface area contributed by atoms with Gasteiger partial charge < -0.3 is 10.7 Å². The molecule has 4 nitrogen and oxygen atoms in total. The van der Waals surface area contributed by atoms with E-state index in [9.17, 15) is 4.79 Å². The highest BCUT2D eigenvalue weighted by Crippen LogP contribution is 2.08. The van der Waals surface area contributed by atoms with E-state index < -0.39 is 0 Å². The van der Waals surface area contributed by atoms with Crippen molar-refractivity contribution in [3.8, 4) is 0 Å². The fourth-order valence-corrected chi connectivity index (χ4v) is 1.11. The molecule has 0 saturated heterocycles. The second kappa shape index (κ2) is 3.90. The van der Waals surface area contributed by atoms with Crippen LogP contribution in [0, 0.1) is 5.92 Å². The Morgan fingerprint density at radius 3 is 3.00 bits per heavy atom. The van der Waals surface area contributed by atoms with Crippen LogP contribution in [-0.4, -0.2) is 15.9 Å². The number of hydrogen-bond acceptors (Lipinski definition) is 2. The predicted molar refractivity (Wildman–Crippen MR) is 45.3 cm³/mol. The molecule has 1 heterocycles. The summed E-state index contributed by atoms with van der Waals surface area (Å²) in [5, 5.41) is 0. The molecule has 66 valence electrons. The molecule has 0 aliphatic heterocycles. The van der Waals surface area contributed by atoms with Crippen molar-refractivity contribution < 1.29 is 4.79 Å². The maximum atomic E-state index is 10.8. The first-order chi connectivity index (χ1) is 5.74. The number of aromatic nitrogens is 2. The minimum absolute atomic E-state index is 0.0783. The van der Waals surface area contributed by atoms with Gasteiger partial charge in [-0.25, -0.2) is 4.98 Å². The number of aromatic amines is 1. The minimum atomic E-state index is -0.243. The van der Waals surface area contributed by atoms with E-state index in [1.54, 1.807) is 12.5 Å². The molecule has 0 spiro atoms. The lowest BCUT2D eigenvalue weighted by Gasteiger charge is -2.07. The zero-order valence-electron chi connectivity index (χ0n) is 7.08. The molecule has 4 heteroatoms. The Labute approximate surface area is 71.2 Å². The van der Waals surface area contributed by atoms with Gasteiger partial charge in [-0.15, -0.1) is 0 Å². The molecular formula is C8H13N3O. The monoisotopic (exact) mass is 167 g/mol. The van der Waals surface area contributed by atoms with Gasteiger partial charge in [-0.2, -0.15) is 0 Å². The van der Waals surface area contributed by atoms with Gasteiger partial charge in [0, 0.05) is 24.2 Å². The van der Waals surface area contributed by atoms with Crippen molar-refractivity contribution in [2.24, 2.45) is 11.7 Å². The molecule has 12 heavy (non-hydrogen) atoms. The largest absolute Gasteiger partial charge is 0.369 e. The molecule has 0 aromatic carbocycles. The molecule has 0 aliphatic carbocycles. The average molecular weight is 167 g/mol. The molecule has 1 aromatic heterocycles. The number of hydrogen-bond donors (Lipinski definition) is 2. The third-order valence-corrected chi connectivity index (χ3v) is 1.92. The molecule has 1 aromatic rings. The Bertz CT molecular complexity index is 243. The van der Waals surface area contributed by atoms with Crippen LogP contribution in [0.2, 0.25) is 0 Å². The fraction of sp³-hybridized carbons (Fsp3) is 0.500. The van der Waals surface area contributed by atoms with Gasteiger partial charge >= 0.3 is 0 Å². The Morgan fingerprint density at radius 2 is 2.58 bits per heavy atom.